The molecule has 0 spiro atoms. The van der Waals surface area contributed by atoms with Gasteiger partial charge in [-0.15, -0.1) is 0 Å². The van der Waals surface area contributed by atoms with E-state index in [4.69, 9.17) is 0 Å². The predicted octanol–water partition coefficient (Wildman–Crippen LogP) is 1.86. The summed E-state index contributed by atoms with van der Waals surface area (Å²) in [6.07, 6.45) is 1.90. The smallest absolute Gasteiger partial charge is 0.0955 e. The second-order valence-corrected chi connectivity index (χ2v) is 6.39. The highest BCUT2D eigenvalue weighted by Gasteiger charge is 2.22. The third kappa shape index (κ3) is 3.57. The van der Waals surface area contributed by atoms with Gasteiger partial charge in [0, 0.05) is 45.8 Å². The van der Waals surface area contributed by atoms with Crippen LogP contribution < -0.4 is 5.32 Å². The third-order valence-electron chi connectivity index (χ3n) is 5.03. The number of rotatable bonds is 6. The second kappa shape index (κ2) is 7.43. The zero-order chi connectivity index (χ0) is 16.2. The number of fused-ring (bicyclic) bond motifs is 1. The van der Waals surface area contributed by atoms with E-state index in [2.05, 4.69) is 63.8 Å². The van der Waals surface area contributed by atoms with Crippen LogP contribution in [-0.4, -0.2) is 65.2 Å². The molecule has 0 saturated carbocycles. The Bertz CT molecular complexity index is 625. The summed E-state index contributed by atoms with van der Waals surface area (Å²) in [5, 5.41) is 3.44. The van der Waals surface area contributed by atoms with Crippen molar-refractivity contribution in [2.24, 2.45) is 7.05 Å². The van der Waals surface area contributed by atoms with Crippen molar-refractivity contribution in [2.75, 3.05) is 45.8 Å². The quantitative estimate of drug-likeness (QED) is 0.883. The van der Waals surface area contributed by atoms with E-state index in [9.17, 15) is 0 Å². The molecular weight excluding hydrogens is 286 g/mol. The number of nitrogens with one attached hydrogen (secondary N) is 1. The van der Waals surface area contributed by atoms with E-state index in [0.29, 0.717) is 6.04 Å². The molecule has 1 unspecified atom stereocenters. The van der Waals surface area contributed by atoms with Gasteiger partial charge in [0.1, 0.15) is 0 Å². The summed E-state index contributed by atoms with van der Waals surface area (Å²) < 4.78 is 2.09. The van der Waals surface area contributed by atoms with Crippen LogP contribution in [0.1, 0.15) is 25.5 Å². The Labute approximate surface area is 139 Å². The maximum atomic E-state index is 4.54. The highest BCUT2D eigenvalue weighted by Crippen LogP contribution is 2.25. The maximum Gasteiger partial charge on any atom is 0.0955 e. The van der Waals surface area contributed by atoms with Crippen LogP contribution in [0.3, 0.4) is 0 Å². The van der Waals surface area contributed by atoms with Gasteiger partial charge < -0.3 is 9.88 Å². The second-order valence-electron chi connectivity index (χ2n) is 6.39. The molecule has 0 aliphatic carbocycles. The lowest BCUT2D eigenvalue weighted by Crippen LogP contribution is -2.47. The van der Waals surface area contributed by atoms with E-state index < -0.39 is 0 Å². The van der Waals surface area contributed by atoms with E-state index in [-0.39, 0.29) is 0 Å². The summed E-state index contributed by atoms with van der Waals surface area (Å²) in [6.45, 7) is 12.3. The van der Waals surface area contributed by atoms with Gasteiger partial charge in [-0.25, -0.2) is 4.98 Å². The highest BCUT2D eigenvalue weighted by atomic mass is 15.2. The highest BCUT2D eigenvalue weighted by molar-refractivity contribution is 5.76. The van der Waals surface area contributed by atoms with E-state index in [0.717, 1.165) is 51.3 Å². The first-order valence-corrected chi connectivity index (χ1v) is 8.81. The number of piperazine rings is 1. The molecule has 1 fully saturated rings. The van der Waals surface area contributed by atoms with E-state index in [1.807, 2.05) is 6.33 Å². The fourth-order valence-corrected chi connectivity index (χ4v) is 3.59. The van der Waals surface area contributed by atoms with Crippen molar-refractivity contribution in [1.29, 1.82) is 0 Å². The topological polar surface area (TPSA) is 36.3 Å². The lowest BCUT2D eigenvalue weighted by atomic mass is 10.0. The summed E-state index contributed by atoms with van der Waals surface area (Å²) >= 11 is 0. The van der Waals surface area contributed by atoms with Gasteiger partial charge in [0.2, 0.25) is 0 Å². The van der Waals surface area contributed by atoms with Crippen LogP contribution in [0.4, 0.5) is 0 Å². The molecule has 2 aromatic rings. The number of imidazole rings is 1. The van der Waals surface area contributed by atoms with Gasteiger partial charge in [0.15, 0.2) is 0 Å². The first kappa shape index (κ1) is 16.4. The maximum absolute atomic E-state index is 4.54. The number of aryl methyl sites for hydroxylation is 1. The van der Waals surface area contributed by atoms with Crippen LogP contribution in [0, 0.1) is 0 Å². The van der Waals surface area contributed by atoms with E-state index in [1.54, 1.807) is 0 Å². The van der Waals surface area contributed by atoms with Crippen molar-refractivity contribution in [3.63, 3.8) is 0 Å². The molecule has 3 rings (SSSR count). The lowest BCUT2D eigenvalue weighted by molar-refractivity contribution is 0.138. The number of hydrogen-bond acceptors (Lipinski definition) is 4. The number of hydrogen-bond donors (Lipinski definition) is 1. The summed E-state index contributed by atoms with van der Waals surface area (Å²) in [5.74, 6) is 0. The molecule has 1 atom stereocenters. The van der Waals surface area contributed by atoms with Gasteiger partial charge in [-0.3, -0.25) is 9.80 Å². The Morgan fingerprint density at radius 1 is 1.22 bits per heavy atom. The Morgan fingerprint density at radius 3 is 2.65 bits per heavy atom. The summed E-state index contributed by atoms with van der Waals surface area (Å²) in [7, 11) is 2.05. The average molecular weight is 315 g/mol. The molecule has 2 heterocycles. The molecule has 23 heavy (non-hydrogen) atoms. The Kier molecular flexibility index (Phi) is 5.30. The molecular formula is C18H29N5. The van der Waals surface area contributed by atoms with Crippen LogP contribution in [0.25, 0.3) is 11.0 Å². The molecule has 1 aliphatic heterocycles. The average Bonchev–Trinajstić information content (AvgIpc) is 2.96. The monoisotopic (exact) mass is 315 g/mol. The van der Waals surface area contributed by atoms with Gasteiger partial charge >= 0.3 is 0 Å². The summed E-state index contributed by atoms with van der Waals surface area (Å²) in [4.78, 5) is 9.69. The summed E-state index contributed by atoms with van der Waals surface area (Å²) in [5.41, 5.74) is 3.69. The molecule has 126 valence electrons. The van der Waals surface area contributed by atoms with Crippen LogP contribution >= 0.6 is 0 Å². The van der Waals surface area contributed by atoms with E-state index in [1.165, 1.54) is 11.1 Å². The van der Waals surface area contributed by atoms with Crippen LogP contribution in [-0.2, 0) is 7.05 Å². The number of likely N-dealkylation sites (N-methyl/N-ethyl adjacent to an activating group) is 1. The Morgan fingerprint density at radius 2 is 1.96 bits per heavy atom. The SMILES string of the molecule is CCN(CC)C(CN1CCNCC1)c1ccc2c(c1)ncn2C. The van der Waals surface area contributed by atoms with Gasteiger partial charge in [0.25, 0.3) is 0 Å². The van der Waals surface area contributed by atoms with E-state index >= 15 is 0 Å². The molecule has 1 aliphatic rings. The van der Waals surface area contributed by atoms with Crippen molar-refractivity contribution in [3.8, 4) is 0 Å². The zero-order valence-corrected chi connectivity index (χ0v) is 14.6. The van der Waals surface area contributed by atoms with Gasteiger partial charge in [0.05, 0.1) is 17.4 Å². The summed E-state index contributed by atoms with van der Waals surface area (Å²) in [6, 6.07) is 7.22. The first-order chi connectivity index (χ1) is 11.2. The number of aromatic nitrogens is 2. The molecule has 1 aromatic heterocycles. The van der Waals surface area contributed by atoms with Crippen molar-refractivity contribution in [2.45, 2.75) is 19.9 Å². The minimum Gasteiger partial charge on any atom is -0.334 e. The largest absolute Gasteiger partial charge is 0.334 e. The fraction of sp³-hybridized carbons (Fsp3) is 0.611. The normalized spacial score (nSPS) is 17.9. The number of benzene rings is 1. The molecule has 0 radical (unpaired) electrons. The minimum absolute atomic E-state index is 0.439. The van der Waals surface area contributed by atoms with Crippen molar-refractivity contribution < 1.29 is 0 Å². The van der Waals surface area contributed by atoms with Gasteiger partial charge in [-0.2, -0.15) is 0 Å². The molecule has 5 heteroatoms. The van der Waals surface area contributed by atoms with Gasteiger partial charge in [-0.1, -0.05) is 19.9 Å². The minimum atomic E-state index is 0.439. The molecule has 1 N–H and O–H groups in total. The van der Waals surface area contributed by atoms with Crippen LogP contribution in [0.5, 0.6) is 0 Å². The van der Waals surface area contributed by atoms with Crippen LogP contribution in [0.15, 0.2) is 24.5 Å². The Balaban J connectivity index is 1.88. The predicted molar refractivity (Wildman–Crippen MR) is 95.7 cm³/mol. The van der Waals surface area contributed by atoms with Crippen molar-refractivity contribution in [1.82, 2.24) is 24.7 Å². The Hall–Kier alpha value is -1.43. The van der Waals surface area contributed by atoms with Crippen molar-refractivity contribution >= 4 is 11.0 Å². The zero-order valence-electron chi connectivity index (χ0n) is 14.6. The molecule has 0 bridgehead atoms. The lowest BCUT2D eigenvalue weighted by Gasteiger charge is -2.36. The first-order valence-electron chi connectivity index (χ1n) is 8.81. The fourth-order valence-electron chi connectivity index (χ4n) is 3.59. The molecule has 0 amide bonds. The molecule has 5 nitrogen and oxygen atoms in total. The third-order valence-corrected chi connectivity index (χ3v) is 5.03. The molecule has 1 saturated heterocycles. The van der Waals surface area contributed by atoms with Gasteiger partial charge in [-0.05, 0) is 30.8 Å². The van der Waals surface area contributed by atoms with Crippen LogP contribution in [0.2, 0.25) is 0 Å². The molecule has 1 aromatic carbocycles. The number of nitrogens with zero attached hydrogens (tertiary/aromatic N) is 4. The standard InChI is InChI=1S/C18H29N5/c1-4-23(5-2)18(13-22-10-8-19-9-11-22)15-6-7-17-16(12-15)20-14-21(17)3/h6-7,12,14,18-19H,4-5,8-11,13H2,1-3H3. The van der Waals surface area contributed by atoms with Crippen molar-refractivity contribution in [3.05, 3.63) is 30.1 Å².